The predicted molar refractivity (Wildman–Crippen MR) is 145 cm³/mol. The summed E-state index contributed by atoms with van der Waals surface area (Å²) in [5.41, 5.74) is 1.52. The normalized spacial score (nSPS) is 14.3. The number of piperazine rings is 1. The Morgan fingerprint density at radius 1 is 0.974 bits per heavy atom. The number of aromatic nitrogens is 2. The zero-order chi connectivity index (χ0) is 28.2. The Labute approximate surface area is 227 Å². The molecule has 0 spiro atoms. The standard InChI is InChI=1S/C28H35F2N5O4/c1-18-12-24(38-5)26(30)21(25(18)29)16-39-20-14-31-27(32-15-20)33-19-6-7-22(23(13-19)37-4)34-8-10-35(11-9-34)28(2,3)17-36/h6-7,12-15,36H,8-11,16-17H2,1-5H3,(H,31,32,33). The van der Waals surface area contributed by atoms with Crippen LogP contribution in [0.1, 0.15) is 25.0 Å². The molecule has 0 saturated carbocycles. The highest BCUT2D eigenvalue weighted by Crippen LogP contribution is 2.33. The summed E-state index contributed by atoms with van der Waals surface area (Å²) in [6.45, 7) is 8.73. The van der Waals surface area contributed by atoms with Crippen LogP contribution >= 0.6 is 0 Å². The first-order valence-electron chi connectivity index (χ1n) is 12.7. The van der Waals surface area contributed by atoms with Crippen molar-refractivity contribution in [1.82, 2.24) is 14.9 Å². The van der Waals surface area contributed by atoms with Gasteiger partial charge in [-0.05, 0) is 44.5 Å². The Morgan fingerprint density at radius 3 is 2.26 bits per heavy atom. The molecule has 0 unspecified atom stereocenters. The van der Waals surface area contributed by atoms with Crippen LogP contribution in [0.5, 0.6) is 17.2 Å². The van der Waals surface area contributed by atoms with Gasteiger partial charge in [0.1, 0.15) is 18.2 Å². The molecule has 1 aliphatic rings. The number of nitrogens with one attached hydrogen (secondary N) is 1. The second-order valence-corrected chi connectivity index (χ2v) is 9.99. The Morgan fingerprint density at radius 2 is 1.64 bits per heavy atom. The van der Waals surface area contributed by atoms with E-state index in [1.165, 1.54) is 32.5 Å². The molecule has 0 radical (unpaired) electrons. The van der Waals surface area contributed by atoms with Gasteiger partial charge in [0.05, 0.1) is 44.5 Å². The van der Waals surface area contributed by atoms with E-state index in [4.69, 9.17) is 14.2 Å². The number of methoxy groups -OCH3 is 2. The minimum absolute atomic E-state index is 0.0438. The fourth-order valence-electron chi connectivity index (χ4n) is 4.49. The minimum Gasteiger partial charge on any atom is -0.495 e. The Bertz CT molecular complexity index is 1280. The molecule has 1 fully saturated rings. The number of aryl methyl sites for hydroxylation is 1. The van der Waals surface area contributed by atoms with Gasteiger partial charge in [0, 0.05) is 43.5 Å². The first-order valence-corrected chi connectivity index (χ1v) is 12.7. The number of nitrogens with zero attached hydrogens (tertiary/aromatic N) is 4. The highest BCUT2D eigenvalue weighted by Gasteiger charge is 2.30. The van der Waals surface area contributed by atoms with E-state index in [9.17, 15) is 13.9 Å². The van der Waals surface area contributed by atoms with Crippen molar-refractivity contribution in [2.45, 2.75) is 32.9 Å². The van der Waals surface area contributed by atoms with Crippen molar-refractivity contribution >= 4 is 17.3 Å². The molecule has 0 aliphatic carbocycles. The zero-order valence-corrected chi connectivity index (χ0v) is 22.9. The third-order valence-electron chi connectivity index (χ3n) is 6.97. The number of benzene rings is 2. The lowest BCUT2D eigenvalue weighted by Gasteiger charge is -2.44. The lowest BCUT2D eigenvalue weighted by Crippen LogP contribution is -2.56. The molecule has 3 aromatic rings. The number of ether oxygens (including phenoxy) is 3. The monoisotopic (exact) mass is 543 g/mol. The van der Waals surface area contributed by atoms with Gasteiger partial charge in [0.15, 0.2) is 17.3 Å². The molecule has 39 heavy (non-hydrogen) atoms. The summed E-state index contributed by atoms with van der Waals surface area (Å²) in [7, 11) is 2.95. The number of aliphatic hydroxyl groups is 1. The number of anilines is 3. The number of aliphatic hydroxyl groups excluding tert-OH is 1. The van der Waals surface area contributed by atoms with Gasteiger partial charge in [-0.25, -0.2) is 18.7 Å². The average Bonchev–Trinajstić information content (AvgIpc) is 2.95. The quantitative estimate of drug-likeness (QED) is 0.388. The molecule has 2 N–H and O–H groups in total. The van der Waals surface area contributed by atoms with Crippen LogP contribution in [0.15, 0.2) is 36.7 Å². The van der Waals surface area contributed by atoms with Crippen molar-refractivity contribution < 1.29 is 28.1 Å². The summed E-state index contributed by atoms with van der Waals surface area (Å²) in [5.74, 6) is -0.221. The van der Waals surface area contributed by atoms with Crippen LogP contribution in [0.25, 0.3) is 0 Å². The molecule has 210 valence electrons. The van der Waals surface area contributed by atoms with E-state index in [0.29, 0.717) is 11.7 Å². The fourth-order valence-corrected chi connectivity index (χ4v) is 4.49. The maximum Gasteiger partial charge on any atom is 0.227 e. The summed E-state index contributed by atoms with van der Waals surface area (Å²) in [5, 5.41) is 12.8. The van der Waals surface area contributed by atoms with Crippen molar-refractivity contribution in [2.24, 2.45) is 0 Å². The van der Waals surface area contributed by atoms with Crippen molar-refractivity contribution in [1.29, 1.82) is 0 Å². The molecule has 1 aliphatic heterocycles. The summed E-state index contributed by atoms with van der Waals surface area (Å²) in [6.07, 6.45) is 2.86. The second kappa shape index (κ2) is 12.0. The van der Waals surface area contributed by atoms with Gasteiger partial charge in [-0.15, -0.1) is 0 Å². The van der Waals surface area contributed by atoms with Gasteiger partial charge < -0.3 is 29.5 Å². The molecule has 1 saturated heterocycles. The van der Waals surface area contributed by atoms with E-state index in [1.807, 2.05) is 32.0 Å². The maximum atomic E-state index is 14.5. The summed E-state index contributed by atoms with van der Waals surface area (Å²) in [4.78, 5) is 13.1. The predicted octanol–water partition coefficient (Wildman–Crippen LogP) is 4.30. The molecule has 0 atom stereocenters. The topological polar surface area (TPSA) is 92.2 Å². The number of hydrogen-bond acceptors (Lipinski definition) is 9. The van der Waals surface area contributed by atoms with E-state index >= 15 is 0 Å². The first-order chi connectivity index (χ1) is 18.7. The van der Waals surface area contributed by atoms with Crippen molar-refractivity contribution in [3.63, 3.8) is 0 Å². The zero-order valence-electron chi connectivity index (χ0n) is 22.9. The van der Waals surface area contributed by atoms with Crippen LogP contribution < -0.4 is 24.4 Å². The minimum atomic E-state index is -0.798. The molecule has 1 aromatic heterocycles. The number of halogens is 2. The van der Waals surface area contributed by atoms with Gasteiger partial charge in [0.25, 0.3) is 0 Å². The first kappa shape index (κ1) is 28.3. The largest absolute Gasteiger partial charge is 0.495 e. The van der Waals surface area contributed by atoms with Crippen LogP contribution in [-0.4, -0.2) is 72.5 Å². The highest BCUT2D eigenvalue weighted by molar-refractivity contribution is 5.67. The molecule has 11 heteroatoms. The number of hydrogen-bond donors (Lipinski definition) is 2. The van der Waals surface area contributed by atoms with Crippen LogP contribution in [-0.2, 0) is 6.61 Å². The summed E-state index contributed by atoms with van der Waals surface area (Å²) < 4.78 is 45.1. The van der Waals surface area contributed by atoms with Gasteiger partial charge in [-0.1, -0.05) is 0 Å². The second-order valence-electron chi connectivity index (χ2n) is 9.99. The summed E-state index contributed by atoms with van der Waals surface area (Å²) >= 11 is 0. The van der Waals surface area contributed by atoms with E-state index in [2.05, 4.69) is 25.1 Å². The molecule has 2 aromatic carbocycles. The number of rotatable bonds is 10. The third kappa shape index (κ3) is 6.31. The Kier molecular flexibility index (Phi) is 8.71. The van der Waals surface area contributed by atoms with Crippen molar-refractivity contribution in [2.75, 3.05) is 57.2 Å². The molecular weight excluding hydrogens is 508 g/mol. The van der Waals surface area contributed by atoms with Crippen LogP contribution in [0.3, 0.4) is 0 Å². The van der Waals surface area contributed by atoms with E-state index in [-0.39, 0.29) is 41.4 Å². The van der Waals surface area contributed by atoms with Gasteiger partial charge in [-0.2, -0.15) is 0 Å². The van der Waals surface area contributed by atoms with Crippen molar-refractivity contribution in [3.8, 4) is 17.2 Å². The van der Waals surface area contributed by atoms with Crippen LogP contribution in [0.4, 0.5) is 26.1 Å². The van der Waals surface area contributed by atoms with Gasteiger partial charge >= 0.3 is 0 Å². The smallest absolute Gasteiger partial charge is 0.227 e. The molecule has 9 nitrogen and oxygen atoms in total. The third-order valence-corrected chi connectivity index (χ3v) is 6.97. The average molecular weight is 544 g/mol. The van der Waals surface area contributed by atoms with Gasteiger partial charge in [-0.3, -0.25) is 4.90 Å². The van der Waals surface area contributed by atoms with Crippen LogP contribution in [0, 0.1) is 18.6 Å². The highest BCUT2D eigenvalue weighted by atomic mass is 19.1. The maximum absolute atomic E-state index is 14.5. The Hall–Kier alpha value is -3.70. The lowest BCUT2D eigenvalue weighted by atomic mass is 10.0. The molecule has 2 heterocycles. The van der Waals surface area contributed by atoms with Crippen LogP contribution in [0.2, 0.25) is 0 Å². The van der Waals surface area contributed by atoms with E-state index in [1.54, 1.807) is 7.11 Å². The molecule has 0 amide bonds. The van der Waals surface area contributed by atoms with E-state index in [0.717, 1.165) is 37.6 Å². The lowest BCUT2D eigenvalue weighted by molar-refractivity contribution is 0.0526. The summed E-state index contributed by atoms with van der Waals surface area (Å²) in [6, 6.07) is 7.10. The molecular formula is C28H35F2N5O4. The van der Waals surface area contributed by atoms with E-state index < -0.39 is 11.6 Å². The SMILES string of the molecule is COc1cc(Nc2ncc(OCc3c(F)c(C)cc(OC)c3F)cn2)ccc1N1CCN(C(C)(C)CO)CC1. The Balaban J connectivity index is 1.39. The molecule has 4 rings (SSSR count). The van der Waals surface area contributed by atoms with Gasteiger partial charge in [0.2, 0.25) is 5.95 Å². The molecule has 0 bridgehead atoms. The fraction of sp³-hybridized carbons (Fsp3) is 0.429. The van der Waals surface area contributed by atoms with Crippen molar-refractivity contribution in [3.05, 3.63) is 59.4 Å².